The molecule has 96 valence electrons. The number of rotatable bonds is 5. The molecule has 3 nitrogen and oxygen atoms in total. The van der Waals surface area contributed by atoms with Crippen molar-refractivity contribution in [2.24, 2.45) is 0 Å². The highest BCUT2D eigenvalue weighted by Crippen LogP contribution is 2.17. The van der Waals surface area contributed by atoms with Gasteiger partial charge in [-0.3, -0.25) is 0 Å². The van der Waals surface area contributed by atoms with Gasteiger partial charge >= 0.3 is 0 Å². The minimum absolute atomic E-state index is 0.0532. The van der Waals surface area contributed by atoms with Crippen LogP contribution in [-0.2, 0) is 16.4 Å². The first-order valence-corrected chi connectivity index (χ1v) is 7.50. The topological polar surface area (TPSA) is 37.4 Å². The van der Waals surface area contributed by atoms with Crippen LogP contribution >= 0.6 is 11.6 Å². The maximum atomic E-state index is 12.1. The standard InChI is InChI=1S/C12H18ClNO2S/c1-10(2)14(3)17(15,16)12-6-4-11(5-7-12)8-9-13/h4-7,10H,8-9H2,1-3H3. The molecule has 0 heterocycles. The van der Waals surface area contributed by atoms with Crippen molar-refractivity contribution in [2.45, 2.75) is 31.2 Å². The first kappa shape index (κ1) is 14.5. The zero-order valence-electron chi connectivity index (χ0n) is 10.4. The molecule has 5 heteroatoms. The zero-order chi connectivity index (χ0) is 13.1. The highest BCUT2D eigenvalue weighted by molar-refractivity contribution is 7.89. The first-order valence-electron chi connectivity index (χ1n) is 5.52. The smallest absolute Gasteiger partial charge is 0.207 e. The van der Waals surface area contributed by atoms with E-state index in [-0.39, 0.29) is 6.04 Å². The normalized spacial score (nSPS) is 12.4. The second kappa shape index (κ2) is 5.85. The summed E-state index contributed by atoms with van der Waals surface area (Å²) >= 11 is 5.63. The van der Waals surface area contributed by atoms with Crippen LogP contribution in [-0.4, -0.2) is 31.7 Å². The number of nitrogens with zero attached hydrogens (tertiary/aromatic N) is 1. The van der Waals surface area contributed by atoms with Crippen molar-refractivity contribution >= 4 is 21.6 Å². The Hall–Kier alpha value is -0.580. The van der Waals surface area contributed by atoms with E-state index in [0.29, 0.717) is 10.8 Å². The molecule has 0 amide bonds. The van der Waals surface area contributed by atoms with Crippen LogP contribution in [0.3, 0.4) is 0 Å². The molecule has 0 unspecified atom stereocenters. The van der Waals surface area contributed by atoms with Crippen LogP contribution < -0.4 is 0 Å². The Balaban J connectivity index is 3.00. The monoisotopic (exact) mass is 275 g/mol. The number of hydrogen-bond acceptors (Lipinski definition) is 2. The van der Waals surface area contributed by atoms with E-state index in [1.807, 2.05) is 26.0 Å². The SMILES string of the molecule is CC(C)N(C)S(=O)(=O)c1ccc(CCCl)cc1. The largest absolute Gasteiger partial charge is 0.243 e. The van der Waals surface area contributed by atoms with Crippen LogP contribution in [0.5, 0.6) is 0 Å². The fraction of sp³-hybridized carbons (Fsp3) is 0.500. The second-order valence-corrected chi connectivity index (χ2v) is 6.57. The van der Waals surface area contributed by atoms with Crippen molar-refractivity contribution in [3.8, 4) is 0 Å². The predicted octanol–water partition coefficient (Wildman–Crippen LogP) is 2.50. The molecule has 0 aliphatic heterocycles. The molecule has 0 aliphatic carbocycles. The van der Waals surface area contributed by atoms with E-state index in [4.69, 9.17) is 11.6 Å². The number of aryl methyl sites for hydroxylation is 1. The number of hydrogen-bond donors (Lipinski definition) is 0. The van der Waals surface area contributed by atoms with Crippen LogP contribution in [0.4, 0.5) is 0 Å². The van der Waals surface area contributed by atoms with Crippen LogP contribution in [0.2, 0.25) is 0 Å². The summed E-state index contributed by atoms with van der Waals surface area (Å²) in [6, 6.07) is 6.83. The van der Waals surface area contributed by atoms with Crippen molar-refractivity contribution in [1.29, 1.82) is 0 Å². The Morgan fingerprint density at radius 3 is 2.18 bits per heavy atom. The summed E-state index contributed by atoms with van der Waals surface area (Å²) in [6.07, 6.45) is 0.752. The Morgan fingerprint density at radius 2 is 1.76 bits per heavy atom. The van der Waals surface area contributed by atoms with Gasteiger partial charge in [0.2, 0.25) is 10.0 Å². The lowest BCUT2D eigenvalue weighted by Gasteiger charge is -2.21. The van der Waals surface area contributed by atoms with Crippen molar-refractivity contribution in [2.75, 3.05) is 12.9 Å². The van der Waals surface area contributed by atoms with Gasteiger partial charge in [-0.15, -0.1) is 11.6 Å². The highest BCUT2D eigenvalue weighted by Gasteiger charge is 2.22. The van der Waals surface area contributed by atoms with Gasteiger partial charge < -0.3 is 0 Å². The number of benzene rings is 1. The van der Waals surface area contributed by atoms with E-state index in [2.05, 4.69) is 0 Å². The number of sulfonamides is 1. The summed E-state index contributed by atoms with van der Waals surface area (Å²) in [5.41, 5.74) is 1.05. The quantitative estimate of drug-likeness (QED) is 0.775. The van der Waals surface area contributed by atoms with Gasteiger partial charge in [0.15, 0.2) is 0 Å². The maximum Gasteiger partial charge on any atom is 0.243 e. The molecule has 0 saturated carbocycles. The number of halogens is 1. The highest BCUT2D eigenvalue weighted by atomic mass is 35.5. The molecular formula is C12H18ClNO2S. The van der Waals surface area contributed by atoms with E-state index in [0.717, 1.165) is 12.0 Å². The summed E-state index contributed by atoms with van der Waals surface area (Å²) < 4.78 is 25.6. The molecule has 1 aromatic carbocycles. The van der Waals surface area contributed by atoms with Crippen LogP contribution in [0.25, 0.3) is 0 Å². The minimum Gasteiger partial charge on any atom is -0.207 e. The third-order valence-corrected chi connectivity index (χ3v) is 4.95. The fourth-order valence-corrected chi connectivity index (χ4v) is 2.97. The average molecular weight is 276 g/mol. The molecule has 0 saturated heterocycles. The molecule has 1 aromatic rings. The van der Waals surface area contributed by atoms with Gasteiger partial charge in [0, 0.05) is 19.0 Å². The molecule has 1 rings (SSSR count). The van der Waals surface area contributed by atoms with Gasteiger partial charge in [-0.2, -0.15) is 4.31 Å². The lowest BCUT2D eigenvalue weighted by molar-refractivity contribution is 0.410. The average Bonchev–Trinajstić information content (AvgIpc) is 2.29. The van der Waals surface area contributed by atoms with Crippen molar-refractivity contribution in [1.82, 2.24) is 4.31 Å². The lowest BCUT2D eigenvalue weighted by atomic mass is 10.2. The van der Waals surface area contributed by atoms with E-state index in [1.54, 1.807) is 19.2 Å². The molecule has 0 atom stereocenters. The Labute approximate surface area is 108 Å². The Morgan fingerprint density at radius 1 is 1.24 bits per heavy atom. The van der Waals surface area contributed by atoms with Crippen molar-refractivity contribution in [3.63, 3.8) is 0 Å². The second-order valence-electron chi connectivity index (χ2n) is 4.20. The molecule has 0 bridgehead atoms. The van der Waals surface area contributed by atoms with Crippen LogP contribution in [0.15, 0.2) is 29.2 Å². The number of alkyl halides is 1. The Kier molecular flexibility index (Phi) is 4.98. The van der Waals surface area contributed by atoms with E-state index < -0.39 is 10.0 Å². The van der Waals surface area contributed by atoms with Crippen LogP contribution in [0.1, 0.15) is 19.4 Å². The van der Waals surface area contributed by atoms with Crippen LogP contribution in [0, 0.1) is 0 Å². The first-order chi connectivity index (χ1) is 7.89. The zero-order valence-corrected chi connectivity index (χ0v) is 11.9. The minimum atomic E-state index is -3.37. The van der Waals surface area contributed by atoms with Crippen molar-refractivity contribution < 1.29 is 8.42 Å². The van der Waals surface area contributed by atoms with E-state index in [9.17, 15) is 8.42 Å². The Bertz CT molecular complexity index is 454. The molecule has 17 heavy (non-hydrogen) atoms. The molecule has 0 aliphatic rings. The summed E-state index contributed by atoms with van der Waals surface area (Å²) in [5, 5.41) is 0. The third-order valence-electron chi connectivity index (χ3n) is 2.71. The molecule has 0 aromatic heterocycles. The summed E-state index contributed by atoms with van der Waals surface area (Å²) in [6.45, 7) is 3.69. The molecule has 0 fully saturated rings. The predicted molar refractivity (Wildman–Crippen MR) is 71.0 cm³/mol. The third kappa shape index (κ3) is 3.44. The van der Waals surface area contributed by atoms with Gasteiger partial charge in [0.25, 0.3) is 0 Å². The maximum absolute atomic E-state index is 12.1. The lowest BCUT2D eigenvalue weighted by Crippen LogP contribution is -2.33. The molecule has 0 spiro atoms. The van der Waals surface area contributed by atoms with Gasteiger partial charge in [0.1, 0.15) is 0 Å². The van der Waals surface area contributed by atoms with Gasteiger partial charge in [0.05, 0.1) is 4.90 Å². The molecular weight excluding hydrogens is 258 g/mol. The summed E-state index contributed by atoms with van der Waals surface area (Å²) in [5.74, 6) is 0.540. The molecule has 0 N–H and O–H groups in total. The molecule has 0 radical (unpaired) electrons. The summed E-state index contributed by atoms with van der Waals surface area (Å²) in [4.78, 5) is 0.326. The van der Waals surface area contributed by atoms with Gasteiger partial charge in [-0.05, 0) is 38.0 Å². The van der Waals surface area contributed by atoms with Gasteiger partial charge in [-0.1, -0.05) is 12.1 Å². The van der Waals surface area contributed by atoms with Crippen molar-refractivity contribution in [3.05, 3.63) is 29.8 Å². The van der Waals surface area contributed by atoms with E-state index in [1.165, 1.54) is 4.31 Å². The summed E-state index contributed by atoms with van der Waals surface area (Å²) in [7, 11) is -1.78. The van der Waals surface area contributed by atoms with Gasteiger partial charge in [-0.25, -0.2) is 8.42 Å². The fourth-order valence-electron chi connectivity index (χ4n) is 1.38. The van der Waals surface area contributed by atoms with E-state index >= 15 is 0 Å².